The average Bonchev–Trinajstić information content (AvgIpc) is 2.49. The summed E-state index contributed by atoms with van der Waals surface area (Å²) in [6.07, 6.45) is 1.85. The van der Waals surface area contributed by atoms with Gasteiger partial charge in [-0.25, -0.2) is 0 Å². The van der Waals surface area contributed by atoms with E-state index in [4.69, 9.17) is 0 Å². The van der Waals surface area contributed by atoms with Gasteiger partial charge in [-0.2, -0.15) is 0 Å². The first-order valence-electron chi connectivity index (χ1n) is 6.61. The molecule has 0 atom stereocenters. The molecule has 3 aromatic rings. The van der Waals surface area contributed by atoms with E-state index in [0.717, 1.165) is 18.6 Å². The van der Waals surface area contributed by atoms with Crippen molar-refractivity contribution < 1.29 is 0 Å². The van der Waals surface area contributed by atoms with Gasteiger partial charge < -0.3 is 5.32 Å². The molecule has 0 saturated heterocycles. The normalized spacial score (nSPS) is 10.8. The molecule has 1 heterocycles. The average molecular weight is 374 g/mol. The molecule has 0 bridgehead atoms. The lowest BCUT2D eigenvalue weighted by Crippen LogP contribution is -2.13. The van der Waals surface area contributed by atoms with Crippen LogP contribution in [0.3, 0.4) is 0 Å². The Labute approximate surface area is 132 Å². The Hall–Kier alpha value is -1.46. The third-order valence-electron chi connectivity index (χ3n) is 3.27. The standard InChI is InChI=1S/C17H15IN2/c18-16-8-6-13(7-9-16)11-19-12-15-4-1-3-14-5-2-10-20-17(14)15/h1-10,19H,11-12H2. The second-order valence-corrected chi connectivity index (χ2v) is 5.97. The number of pyridine rings is 1. The van der Waals surface area contributed by atoms with Crippen LogP contribution in [0.15, 0.2) is 60.8 Å². The summed E-state index contributed by atoms with van der Waals surface area (Å²) in [7, 11) is 0. The van der Waals surface area contributed by atoms with Crippen molar-refractivity contribution in [3.05, 3.63) is 75.5 Å². The van der Waals surface area contributed by atoms with Crippen LogP contribution in [0.5, 0.6) is 0 Å². The van der Waals surface area contributed by atoms with Crippen molar-refractivity contribution in [1.29, 1.82) is 0 Å². The SMILES string of the molecule is Ic1ccc(CNCc2cccc3cccnc23)cc1. The highest BCUT2D eigenvalue weighted by atomic mass is 127. The lowest BCUT2D eigenvalue weighted by molar-refractivity contribution is 0.695. The molecule has 0 aliphatic rings. The Morgan fingerprint density at radius 2 is 1.70 bits per heavy atom. The lowest BCUT2D eigenvalue weighted by atomic mass is 10.1. The molecule has 0 radical (unpaired) electrons. The molecule has 3 rings (SSSR count). The number of para-hydroxylation sites is 1. The first kappa shape index (κ1) is 13.5. The Morgan fingerprint density at radius 1 is 0.900 bits per heavy atom. The Kier molecular flexibility index (Phi) is 4.28. The Bertz CT molecular complexity index is 702. The summed E-state index contributed by atoms with van der Waals surface area (Å²) >= 11 is 2.32. The monoisotopic (exact) mass is 374 g/mol. The predicted octanol–water partition coefficient (Wildman–Crippen LogP) is 4.13. The highest BCUT2D eigenvalue weighted by Crippen LogP contribution is 2.15. The smallest absolute Gasteiger partial charge is 0.0746 e. The highest BCUT2D eigenvalue weighted by Gasteiger charge is 2.01. The highest BCUT2D eigenvalue weighted by molar-refractivity contribution is 14.1. The van der Waals surface area contributed by atoms with Crippen LogP contribution in [0, 0.1) is 3.57 Å². The van der Waals surface area contributed by atoms with E-state index in [2.05, 4.69) is 81.4 Å². The minimum absolute atomic E-state index is 0.834. The molecule has 0 fully saturated rings. The number of hydrogen-bond donors (Lipinski definition) is 1. The first-order valence-corrected chi connectivity index (χ1v) is 7.68. The maximum atomic E-state index is 4.48. The number of hydrogen-bond acceptors (Lipinski definition) is 2. The van der Waals surface area contributed by atoms with Gasteiger partial charge in [-0.1, -0.05) is 36.4 Å². The van der Waals surface area contributed by atoms with Crippen LogP contribution < -0.4 is 5.32 Å². The van der Waals surface area contributed by atoms with Crippen molar-refractivity contribution in [2.75, 3.05) is 0 Å². The third-order valence-corrected chi connectivity index (χ3v) is 3.99. The number of nitrogens with zero attached hydrogens (tertiary/aromatic N) is 1. The Morgan fingerprint density at radius 3 is 2.55 bits per heavy atom. The van der Waals surface area contributed by atoms with Crippen LogP contribution in [0.2, 0.25) is 0 Å². The van der Waals surface area contributed by atoms with Gasteiger partial charge in [-0.15, -0.1) is 0 Å². The number of aromatic nitrogens is 1. The van der Waals surface area contributed by atoms with Crippen molar-refractivity contribution in [3.63, 3.8) is 0 Å². The van der Waals surface area contributed by atoms with Crippen molar-refractivity contribution in [2.45, 2.75) is 13.1 Å². The van der Waals surface area contributed by atoms with Crippen LogP contribution in [0.4, 0.5) is 0 Å². The molecule has 0 aliphatic heterocycles. The van der Waals surface area contributed by atoms with Gasteiger partial charge in [0.25, 0.3) is 0 Å². The maximum Gasteiger partial charge on any atom is 0.0746 e. The van der Waals surface area contributed by atoms with Gasteiger partial charge in [0.05, 0.1) is 5.52 Å². The molecule has 0 spiro atoms. The van der Waals surface area contributed by atoms with Gasteiger partial charge in [0.15, 0.2) is 0 Å². The summed E-state index contributed by atoms with van der Waals surface area (Å²) in [5, 5.41) is 4.68. The number of benzene rings is 2. The second-order valence-electron chi connectivity index (χ2n) is 4.72. The van der Waals surface area contributed by atoms with Crippen LogP contribution in [-0.4, -0.2) is 4.98 Å². The van der Waals surface area contributed by atoms with E-state index in [1.807, 2.05) is 12.3 Å². The molecular weight excluding hydrogens is 359 g/mol. The van der Waals surface area contributed by atoms with E-state index in [1.165, 1.54) is 20.1 Å². The summed E-state index contributed by atoms with van der Waals surface area (Å²) < 4.78 is 1.27. The summed E-state index contributed by atoms with van der Waals surface area (Å²) in [6.45, 7) is 1.71. The number of halogens is 1. The summed E-state index contributed by atoms with van der Waals surface area (Å²) in [4.78, 5) is 4.48. The summed E-state index contributed by atoms with van der Waals surface area (Å²) in [6, 6.07) is 19.0. The molecule has 0 amide bonds. The molecule has 20 heavy (non-hydrogen) atoms. The zero-order valence-electron chi connectivity index (χ0n) is 11.0. The first-order chi connectivity index (χ1) is 9.83. The molecule has 2 nitrogen and oxygen atoms in total. The van der Waals surface area contributed by atoms with Crippen molar-refractivity contribution >= 4 is 33.5 Å². The number of rotatable bonds is 4. The summed E-state index contributed by atoms with van der Waals surface area (Å²) in [5.74, 6) is 0. The van der Waals surface area contributed by atoms with Gasteiger partial charge in [0.1, 0.15) is 0 Å². The Balaban J connectivity index is 1.69. The minimum atomic E-state index is 0.834. The topological polar surface area (TPSA) is 24.9 Å². The van der Waals surface area contributed by atoms with Gasteiger partial charge in [0.2, 0.25) is 0 Å². The third kappa shape index (κ3) is 3.16. The quantitative estimate of drug-likeness (QED) is 0.695. The zero-order chi connectivity index (χ0) is 13.8. The minimum Gasteiger partial charge on any atom is -0.309 e. The zero-order valence-corrected chi connectivity index (χ0v) is 13.2. The number of fused-ring (bicyclic) bond motifs is 1. The van der Waals surface area contributed by atoms with Gasteiger partial charge in [-0.05, 0) is 51.9 Å². The van der Waals surface area contributed by atoms with Crippen LogP contribution >= 0.6 is 22.6 Å². The van der Waals surface area contributed by atoms with Gasteiger partial charge in [0, 0.05) is 28.2 Å². The summed E-state index contributed by atoms with van der Waals surface area (Å²) in [5.41, 5.74) is 3.64. The fraction of sp³-hybridized carbons (Fsp3) is 0.118. The molecule has 2 aromatic carbocycles. The van der Waals surface area contributed by atoms with E-state index in [0.29, 0.717) is 0 Å². The fourth-order valence-electron chi connectivity index (χ4n) is 2.25. The predicted molar refractivity (Wildman–Crippen MR) is 91.4 cm³/mol. The molecule has 0 aliphatic carbocycles. The van der Waals surface area contributed by atoms with E-state index in [1.54, 1.807) is 0 Å². The molecule has 100 valence electrons. The molecule has 1 N–H and O–H groups in total. The molecule has 0 unspecified atom stereocenters. The van der Waals surface area contributed by atoms with E-state index in [9.17, 15) is 0 Å². The lowest BCUT2D eigenvalue weighted by Gasteiger charge is -2.08. The maximum absolute atomic E-state index is 4.48. The second kappa shape index (κ2) is 6.33. The van der Waals surface area contributed by atoms with Gasteiger partial charge >= 0.3 is 0 Å². The van der Waals surface area contributed by atoms with Crippen molar-refractivity contribution in [1.82, 2.24) is 10.3 Å². The molecule has 1 aromatic heterocycles. The van der Waals surface area contributed by atoms with E-state index in [-0.39, 0.29) is 0 Å². The van der Waals surface area contributed by atoms with E-state index >= 15 is 0 Å². The van der Waals surface area contributed by atoms with Crippen LogP contribution in [0.25, 0.3) is 10.9 Å². The largest absolute Gasteiger partial charge is 0.309 e. The van der Waals surface area contributed by atoms with Gasteiger partial charge in [-0.3, -0.25) is 4.98 Å². The van der Waals surface area contributed by atoms with Crippen molar-refractivity contribution in [2.24, 2.45) is 0 Å². The molecule has 3 heteroatoms. The molecule has 0 saturated carbocycles. The molecular formula is C17H15IN2. The number of nitrogens with one attached hydrogen (secondary N) is 1. The van der Waals surface area contributed by atoms with Crippen LogP contribution in [0.1, 0.15) is 11.1 Å². The fourth-order valence-corrected chi connectivity index (χ4v) is 2.61. The van der Waals surface area contributed by atoms with Crippen molar-refractivity contribution in [3.8, 4) is 0 Å². The van der Waals surface area contributed by atoms with E-state index < -0.39 is 0 Å². The van der Waals surface area contributed by atoms with Crippen LogP contribution in [-0.2, 0) is 13.1 Å².